The van der Waals surface area contributed by atoms with Crippen LogP contribution in [0.3, 0.4) is 0 Å². The van der Waals surface area contributed by atoms with Gasteiger partial charge < -0.3 is 9.64 Å². The van der Waals surface area contributed by atoms with Crippen molar-refractivity contribution in [3.05, 3.63) is 23.9 Å². The van der Waals surface area contributed by atoms with E-state index in [0.717, 1.165) is 49.4 Å². The Morgan fingerprint density at radius 2 is 2.12 bits per heavy atom. The summed E-state index contributed by atoms with van der Waals surface area (Å²) in [5.74, 6) is 0.538. The van der Waals surface area contributed by atoms with Gasteiger partial charge in [-0.25, -0.2) is 9.78 Å². The van der Waals surface area contributed by atoms with E-state index in [9.17, 15) is 4.79 Å². The highest BCUT2D eigenvalue weighted by Gasteiger charge is 2.42. The van der Waals surface area contributed by atoms with Crippen LogP contribution >= 0.6 is 11.9 Å². The molecule has 5 nitrogen and oxygen atoms in total. The number of nitrogens with zero attached hydrogens (tertiary/aromatic N) is 2. The summed E-state index contributed by atoms with van der Waals surface area (Å²) in [7, 11) is 0. The van der Waals surface area contributed by atoms with E-state index in [1.165, 1.54) is 11.9 Å². The van der Waals surface area contributed by atoms with Gasteiger partial charge in [0.25, 0.3) is 0 Å². The molecule has 0 bridgehead atoms. The number of hydrogen-bond acceptors (Lipinski definition) is 5. The SMILES string of the molecule is CC(C)(C)OC(=O)N1CC(CCCCc2cccc(SN)n2)CC1(C)C. The zero-order valence-electron chi connectivity index (χ0n) is 16.7. The molecule has 2 rings (SSSR count). The van der Waals surface area contributed by atoms with E-state index < -0.39 is 5.60 Å². The maximum atomic E-state index is 12.5. The Kier molecular flexibility index (Phi) is 6.97. The second kappa shape index (κ2) is 8.61. The molecule has 1 fully saturated rings. The number of ether oxygens (including phenoxy) is 1. The Morgan fingerprint density at radius 1 is 1.38 bits per heavy atom. The third-order valence-corrected chi connectivity index (χ3v) is 5.24. The Hall–Kier alpha value is -1.27. The molecular weight excluding hydrogens is 346 g/mol. The van der Waals surface area contributed by atoms with E-state index in [1.54, 1.807) is 0 Å². The van der Waals surface area contributed by atoms with Crippen molar-refractivity contribution in [2.24, 2.45) is 11.1 Å². The third-order valence-electron chi connectivity index (χ3n) is 4.77. The van der Waals surface area contributed by atoms with E-state index in [2.05, 4.69) is 24.9 Å². The smallest absolute Gasteiger partial charge is 0.410 e. The van der Waals surface area contributed by atoms with Crippen LogP contribution in [0.25, 0.3) is 0 Å². The van der Waals surface area contributed by atoms with Gasteiger partial charge in [-0.2, -0.15) is 0 Å². The number of aryl methyl sites for hydroxylation is 1. The first-order chi connectivity index (χ1) is 12.1. The largest absolute Gasteiger partial charge is 0.444 e. The molecule has 2 N–H and O–H groups in total. The van der Waals surface area contributed by atoms with Gasteiger partial charge in [-0.15, -0.1) is 0 Å². The van der Waals surface area contributed by atoms with Gasteiger partial charge in [0.1, 0.15) is 10.6 Å². The average Bonchev–Trinajstić information content (AvgIpc) is 2.85. The maximum absolute atomic E-state index is 12.5. The summed E-state index contributed by atoms with van der Waals surface area (Å²) in [5.41, 5.74) is 0.512. The molecule has 0 saturated carbocycles. The van der Waals surface area contributed by atoms with Crippen LogP contribution in [-0.2, 0) is 11.2 Å². The lowest BCUT2D eigenvalue weighted by Gasteiger charge is -2.33. The molecule has 2 heterocycles. The number of aromatic nitrogens is 1. The first kappa shape index (κ1) is 21.0. The number of unbranched alkanes of at least 4 members (excludes halogenated alkanes) is 1. The molecular formula is C20H33N3O2S. The van der Waals surface area contributed by atoms with Gasteiger partial charge in [-0.1, -0.05) is 12.5 Å². The third kappa shape index (κ3) is 6.16. The molecule has 1 unspecified atom stereocenters. The highest BCUT2D eigenvalue weighted by molar-refractivity contribution is 7.97. The number of likely N-dealkylation sites (tertiary alicyclic amines) is 1. The van der Waals surface area contributed by atoms with Gasteiger partial charge in [-0.3, -0.25) is 5.14 Å². The molecule has 1 aromatic rings. The lowest BCUT2D eigenvalue weighted by Crippen LogP contribution is -2.45. The Labute approximate surface area is 162 Å². The second-order valence-electron chi connectivity index (χ2n) is 8.80. The lowest BCUT2D eigenvalue weighted by molar-refractivity contribution is 0.0131. The van der Waals surface area contributed by atoms with E-state index in [1.807, 2.05) is 37.8 Å². The van der Waals surface area contributed by atoms with E-state index >= 15 is 0 Å². The van der Waals surface area contributed by atoms with Crippen LogP contribution in [0.2, 0.25) is 0 Å². The summed E-state index contributed by atoms with van der Waals surface area (Å²) in [5, 5.41) is 6.44. The van der Waals surface area contributed by atoms with Crippen LogP contribution < -0.4 is 5.14 Å². The predicted molar refractivity (Wildman–Crippen MR) is 107 cm³/mol. The number of amides is 1. The summed E-state index contributed by atoms with van der Waals surface area (Å²) in [6.07, 6.45) is 5.20. The fourth-order valence-corrected chi connectivity index (χ4v) is 3.95. The Morgan fingerprint density at radius 3 is 2.77 bits per heavy atom. The summed E-state index contributed by atoms with van der Waals surface area (Å²) in [4.78, 5) is 18.9. The van der Waals surface area contributed by atoms with Gasteiger partial charge >= 0.3 is 6.09 Å². The van der Waals surface area contributed by atoms with Crippen molar-refractivity contribution in [1.29, 1.82) is 0 Å². The first-order valence-electron chi connectivity index (χ1n) is 9.44. The van der Waals surface area contributed by atoms with Crippen LogP contribution in [-0.4, -0.2) is 33.7 Å². The minimum atomic E-state index is -0.450. The van der Waals surface area contributed by atoms with Crippen LogP contribution in [0.15, 0.2) is 23.2 Å². The highest BCUT2D eigenvalue weighted by atomic mass is 32.2. The normalized spacial score (nSPS) is 19.6. The van der Waals surface area contributed by atoms with Crippen molar-refractivity contribution in [1.82, 2.24) is 9.88 Å². The molecule has 146 valence electrons. The first-order valence-corrected chi connectivity index (χ1v) is 10.3. The molecule has 0 spiro atoms. The van der Waals surface area contributed by atoms with Crippen LogP contribution in [0.4, 0.5) is 4.79 Å². The molecule has 1 saturated heterocycles. The summed E-state index contributed by atoms with van der Waals surface area (Å²) >= 11 is 1.19. The van der Waals surface area contributed by atoms with E-state index in [4.69, 9.17) is 9.88 Å². The topological polar surface area (TPSA) is 68.5 Å². The molecule has 26 heavy (non-hydrogen) atoms. The Balaban J connectivity index is 1.79. The van der Waals surface area contributed by atoms with Crippen molar-refractivity contribution < 1.29 is 9.53 Å². The van der Waals surface area contributed by atoms with Crippen molar-refractivity contribution in [3.63, 3.8) is 0 Å². The average molecular weight is 380 g/mol. The van der Waals surface area contributed by atoms with Crippen molar-refractivity contribution in [2.75, 3.05) is 6.54 Å². The van der Waals surface area contributed by atoms with Crippen molar-refractivity contribution in [3.8, 4) is 0 Å². The minimum absolute atomic E-state index is 0.138. The molecule has 1 aliphatic heterocycles. The van der Waals surface area contributed by atoms with Crippen molar-refractivity contribution >= 4 is 18.0 Å². The number of carbonyl (C=O) groups excluding carboxylic acids is 1. The molecule has 1 aromatic heterocycles. The van der Waals surface area contributed by atoms with Crippen LogP contribution in [0, 0.1) is 5.92 Å². The van der Waals surface area contributed by atoms with Gasteiger partial charge in [0.15, 0.2) is 0 Å². The second-order valence-corrected chi connectivity index (χ2v) is 9.46. The van der Waals surface area contributed by atoms with Gasteiger partial charge in [-0.05, 0) is 90.3 Å². The number of hydrogen-bond donors (Lipinski definition) is 1. The fraction of sp³-hybridized carbons (Fsp3) is 0.700. The summed E-state index contributed by atoms with van der Waals surface area (Å²) < 4.78 is 5.58. The molecule has 1 atom stereocenters. The molecule has 0 aliphatic carbocycles. The number of nitrogens with two attached hydrogens (primary N) is 1. The summed E-state index contributed by atoms with van der Waals surface area (Å²) in [6, 6.07) is 6.00. The van der Waals surface area contributed by atoms with Gasteiger partial charge in [0, 0.05) is 17.8 Å². The molecule has 6 heteroatoms. The van der Waals surface area contributed by atoms with Gasteiger partial charge in [0.2, 0.25) is 0 Å². The van der Waals surface area contributed by atoms with E-state index in [-0.39, 0.29) is 11.6 Å². The molecule has 1 aliphatic rings. The van der Waals surface area contributed by atoms with Crippen LogP contribution in [0.5, 0.6) is 0 Å². The fourth-order valence-electron chi connectivity index (χ4n) is 3.62. The lowest BCUT2D eigenvalue weighted by atomic mass is 9.92. The number of rotatable bonds is 6. The highest BCUT2D eigenvalue weighted by Crippen LogP contribution is 2.36. The van der Waals surface area contributed by atoms with Crippen LogP contribution in [0.1, 0.15) is 66.0 Å². The quantitative estimate of drug-likeness (QED) is 0.568. The maximum Gasteiger partial charge on any atom is 0.410 e. The molecule has 0 aromatic carbocycles. The zero-order valence-corrected chi connectivity index (χ0v) is 17.6. The van der Waals surface area contributed by atoms with Gasteiger partial charge in [0.05, 0.1) is 0 Å². The zero-order chi connectivity index (χ0) is 19.4. The molecule has 1 amide bonds. The molecule has 0 radical (unpaired) electrons. The summed E-state index contributed by atoms with van der Waals surface area (Å²) in [6.45, 7) is 10.8. The van der Waals surface area contributed by atoms with Crippen molar-refractivity contribution in [2.45, 2.75) is 82.9 Å². The standard InChI is InChI=1S/C20H33N3O2S/c1-19(2,3)25-18(24)23-14-15(13-20(23,4)5)9-6-7-10-16-11-8-12-17(22-16)26-21/h8,11-12,15H,6-7,9-10,13-14,21H2,1-5H3. The number of pyridine rings is 1. The predicted octanol–water partition coefficient (Wildman–Crippen LogP) is 4.80. The minimum Gasteiger partial charge on any atom is -0.444 e. The number of carbonyl (C=O) groups is 1. The van der Waals surface area contributed by atoms with E-state index in [0.29, 0.717) is 5.92 Å². The Bertz CT molecular complexity index is 613. The monoisotopic (exact) mass is 379 g/mol.